The van der Waals surface area contributed by atoms with Crippen LogP contribution in [0.2, 0.25) is 0 Å². The maximum atomic E-state index is 4.46. The van der Waals surface area contributed by atoms with Crippen molar-refractivity contribution in [3.05, 3.63) is 0 Å². The quantitative estimate of drug-likeness (QED) is 0.511. The second kappa shape index (κ2) is 11.9. The van der Waals surface area contributed by atoms with Crippen molar-refractivity contribution < 1.29 is 0 Å². The zero-order valence-corrected chi connectivity index (χ0v) is 14.1. The van der Waals surface area contributed by atoms with Crippen LogP contribution < -0.4 is 0 Å². The van der Waals surface area contributed by atoms with Gasteiger partial charge >= 0.3 is 0 Å². The smallest absolute Gasteiger partial charge is 0.0898 e. The lowest BCUT2D eigenvalue weighted by atomic mass is 9.96. The van der Waals surface area contributed by atoms with Crippen LogP contribution in [0.3, 0.4) is 0 Å². The van der Waals surface area contributed by atoms with Crippen molar-refractivity contribution >= 4 is 27.6 Å². The minimum absolute atomic E-state index is 0.533. The monoisotopic (exact) mass is 300 g/mol. The highest BCUT2D eigenvalue weighted by molar-refractivity contribution is 8.76. The molecule has 0 amide bonds. The van der Waals surface area contributed by atoms with Crippen molar-refractivity contribution in [2.75, 3.05) is 12.5 Å². The molecule has 0 radical (unpaired) electrons. The van der Waals surface area contributed by atoms with E-state index in [9.17, 15) is 0 Å². The molecule has 0 aromatic carbocycles. The van der Waals surface area contributed by atoms with E-state index in [1.54, 1.807) is 21.6 Å². The lowest BCUT2D eigenvalue weighted by Crippen LogP contribution is -2.10. The summed E-state index contributed by atoms with van der Waals surface area (Å²) in [5, 5.41) is 0. The van der Waals surface area contributed by atoms with Crippen LogP contribution in [0.5, 0.6) is 0 Å². The van der Waals surface area contributed by atoms with Gasteiger partial charge in [0, 0.05) is 0 Å². The molecule has 2 aliphatic rings. The first kappa shape index (κ1) is 17.1. The minimum Gasteiger partial charge on any atom is -0.222 e. The number of nitrogens with zero attached hydrogens (tertiary/aromatic N) is 2. The Labute approximate surface area is 126 Å². The summed E-state index contributed by atoms with van der Waals surface area (Å²) in [6.07, 6.45) is 17.3. The van der Waals surface area contributed by atoms with Crippen LogP contribution in [0.4, 0.5) is 0 Å². The summed E-state index contributed by atoms with van der Waals surface area (Å²) in [5.41, 5.74) is 0. The number of aliphatic imine (C=N–C) groups is 2. The second-order valence-electron chi connectivity index (χ2n) is 5.28. The summed E-state index contributed by atoms with van der Waals surface area (Å²) < 4.78 is 0. The number of hydrogen-bond donors (Lipinski definition) is 0. The Kier molecular flexibility index (Phi) is 10.7. The second-order valence-corrected chi connectivity index (χ2v) is 7.94. The van der Waals surface area contributed by atoms with Gasteiger partial charge in [0.15, 0.2) is 0 Å². The van der Waals surface area contributed by atoms with Gasteiger partial charge in [0.2, 0.25) is 0 Å². The van der Waals surface area contributed by atoms with Crippen molar-refractivity contribution in [3.63, 3.8) is 0 Å². The molecule has 2 saturated carbocycles. The van der Waals surface area contributed by atoms with Crippen LogP contribution in [0, 0.1) is 0 Å². The highest BCUT2D eigenvalue weighted by atomic mass is 33.1. The summed E-state index contributed by atoms with van der Waals surface area (Å²) in [4.78, 5) is 8.92. The molecule has 0 spiro atoms. The van der Waals surface area contributed by atoms with Gasteiger partial charge < -0.3 is 0 Å². The Bertz CT molecular complexity index is 239. The Morgan fingerprint density at radius 1 is 0.684 bits per heavy atom. The van der Waals surface area contributed by atoms with Gasteiger partial charge in [-0.2, -0.15) is 0 Å². The van der Waals surface area contributed by atoms with Crippen molar-refractivity contribution in [2.24, 2.45) is 9.98 Å². The third kappa shape index (κ3) is 8.78. The summed E-state index contributed by atoms with van der Waals surface area (Å²) in [6, 6.07) is 4.04. The zero-order chi connectivity index (χ0) is 13.8. The lowest BCUT2D eigenvalue weighted by molar-refractivity contribution is 0.438. The van der Waals surface area contributed by atoms with Gasteiger partial charge in [0.1, 0.15) is 0 Å². The van der Waals surface area contributed by atoms with Gasteiger partial charge in [-0.1, -0.05) is 60.1 Å². The molecule has 0 saturated heterocycles. The van der Waals surface area contributed by atoms with E-state index in [0.717, 1.165) is 0 Å². The molecular weight excluding hydrogens is 272 g/mol. The molecule has 0 aromatic heterocycles. The summed E-state index contributed by atoms with van der Waals surface area (Å²) >= 11 is 0. The molecule has 19 heavy (non-hydrogen) atoms. The van der Waals surface area contributed by atoms with Gasteiger partial charge in [-0.3, -0.25) is 0 Å². The van der Waals surface area contributed by atoms with E-state index < -0.39 is 0 Å². The van der Waals surface area contributed by atoms with E-state index in [2.05, 4.69) is 28.5 Å². The highest BCUT2D eigenvalue weighted by Crippen LogP contribution is 2.21. The van der Waals surface area contributed by atoms with Crippen molar-refractivity contribution in [1.29, 1.82) is 0 Å². The maximum absolute atomic E-state index is 4.46. The summed E-state index contributed by atoms with van der Waals surface area (Å²) in [5.74, 6) is 0. The first-order valence-corrected chi connectivity index (χ1v) is 10.5. The van der Waals surface area contributed by atoms with Crippen LogP contribution >= 0.6 is 21.6 Å². The molecule has 2 fully saturated rings. The average molecular weight is 301 g/mol. The molecule has 0 bridgehead atoms. The Morgan fingerprint density at radius 2 is 1.05 bits per heavy atom. The van der Waals surface area contributed by atoms with Gasteiger partial charge in [-0.15, -0.1) is 0 Å². The SMILES string of the molecule is C(=NC1CCCCC1)=NC1CCCCC1.CSSC. The fourth-order valence-corrected chi connectivity index (χ4v) is 2.62. The van der Waals surface area contributed by atoms with Crippen molar-refractivity contribution in [1.82, 2.24) is 0 Å². The van der Waals surface area contributed by atoms with E-state index in [4.69, 9.17) is 0 Å². The first-order valence-electron chi connectivity index (χ1n) is 7.58. The standard InChI is InChI=1S/C13H22N2.C2H6S2/c1-3-7-12(8-4-1)14-11-15-13-9-5-2-6-10-13;1-3-4-2/h12-13H,1-10H2;1-2H3. The van der Waals surface area contributed by atoms with Crippen LogP contribution in [0.25, 0.3) is 0 Å². The molecule has 2 rings (SSSR count). The van der Waals surface area contributed by atoms with Crippen LogP contribution in [-0.4, -0.2) is 30.6 Å². The van der Waals surface area contributed by atoms with Crippen LogP contribution in [-0.2, 0) is 0 Å². The normalized spacial score (nSPS) is 20.9. The number of rotatable bonds is 3. The third-order valence-electron chi connectivity index (χ3n) is 3.80. The van der Waals surface area contributed by atoms with Gasteiger partial charge in [0.05, 0.1) is 18.1 Å². The molecule has 2 aliphatic carbocycles. The van der Waals surface area contributed by atoms with E-state index >= 15 is 0 Å². The molecule has 0 heterocycles. The largest absolute Gasteiger partial charge is 0.222 e. The molecule has 0 unspecified atom stereocenters. The van der Waals surface area contributed by atoms with E-state index in [1.807, 2.05) is 0 Å². The Balaban J connectivity index is 0.000000399. The molecule has 0 aliphatic heterocycles. The third-order valence-corrected chi connectivity index (χ3v) is 5.13. The summed E-state index contributed by atoms with van der Waals surface area (Å²) in [6.45, 7) is 0. The van der Waals surface area contributed by atoms with Crippen LogP contribution in [0.15, 0.2) is 9.98 Å². The first-order chi connectivity index (χ1) is 9.36. The Morgan fingerprint density at radius 3 is 1.37 bits per heavy atom. The molecule has 0 aromatic rings. The number of hydrogen-bond acceptors (Lipinski definition) is 4. The zero-order valence-electron chi connectivity index (χ0n) is 12.4. The minimum atomic E-state index is 0.533. The van der Waals surface area contributed by atoms with E-state index in [0.29, 0.717) is 12.1 Å². The molecule has 110 valence electrons. The predicted molar refractivity (Wildman–Crippen MR) is 90.6 cm³/mol. The van der Waals surface area contributed by atoms with E-state index in [1.165, 1.54) is 64.2 Å². The lowest BCUT2D eigenvalue weighted by Gasteiger charge is -2.17. The van der Waals surface area contributed by atoms with Crippen molar-refractivity contribution in [3.8, 4) is 0 Å². The van der Waals surface area contributed by atoms with Crippen molar-refractivity contribution in [2.45, 2.75) is 76.3 Å². The van der Waals surface area contributed by atoms with Gasteiger partial charge in [0.25, 0.3) is 0 Å². The fraction of sp³-hybridized carbons (Fsp3) is 0.933. The maximum Gasteiger partial charge on any atom is 0.0898 e. The predicted octanol–water partition coefficient (Wildman–Crippen LogP) is 5.45. The topological polar surface area (TPSA) is 24.7 Å². The molecule has 2 nitrogen and oxygen atoms in total. The summed E-state index contributed by atoms with van der Waals surface area (Å²) in [7, 11) is 3.55. The Hall–Kier alpha value is 0.0800. The highest BCUT2D eigenvalue weighted by Gasteiger charge is 2.12. The molecule has 0 N–H and O–H groups in total. The average Bonchev–Trinajstić information content (AvgIpc) is 2.50. The molecule has 4 heteroatoms. The van der Waals surface area contributed by atoms with Gasteiger partial charge in [-0.05, 0) is 38.2 Å². The molecular formula is C15H28N2S2. The fourth-order valence-electron chi connectivity index (χ4n) is 2.62. The van der Waals surface area contributed by atoms with E-state index in [-0.39, 0.29) is 0 Å². The van der Waals surface area contributed by atoms with Gasteiger partial charge in [-0.25, -0.2) is 9.98 Å². The van der Waals surface area contributed by atoms with Crippen LogP contribution in [0.1, 0.15) is 64.2 Å². The molecule has 0 atom stereocenters.